The summed E-state index contributed by atoms with van der Waals surface area (Å²) in [6, 6.07) is 15.7. The van der Waals surface area contributed by atoms with Crippen LogP contribution in [0, 0.1) is 0 Å². The molecule has 8 heteroatoms. The summed E-state index contributed by atoms with van der Waals surface area (Å²) in [6.07, 6.45) is 2.78. The number of aromatic nitrogens is 3. The fourth-order valence-corrected chi connectivity index (χ4v) is 4.81. The minimum absolute atomic E-state index is 0.0810. The van der Waals surface area contributed by atoms with E-state index in [-0.39, 0.29) is 11.9 Å². The zero-order valence-electron chi connectivity index (χ0n) is 18.7. The number of ether oxygens (including phenoxy) is 1. The molecular weight excluding hydrogens is 422 g/mol. The predicted molar refractivity (Wildman–Crippen MR) is 128 cm³/mol. The van der Waals surface area contributed by atoms with Gasteiger partial charge in [0, 0.05) is 12.1 Å². The zero-order chi connectivity index (χ0) is 22.5. The molecule has 0 saturated heterocycles. The van der Waals surface area contributed by atoms with Crippen molar-refractivity contribution in [2.45, 2.75) is 56.5 Å². The third kappa shape index (κ3) is 4.75. The second-order valence-corrected chi connectivity index (χ2v) is 8.78. The van der Waals surface area contributed by atoms with Gasteiger partial charge in [-0.2, -0.15) is 0 Å². The van der Waals surface area contributed by atoms with Crippen LogP contribution >= 0.6 is 11.8 Å². The second-order valence-electron chi connectivity index (χ2n) is 7.67. The average Bonchev–Trinajstić information content (AvgIpc) is 3.22. The molecule has 2 atom stereocenters. The van der Waals surface area contributed by atoms with Crippen molar-refractivity contribution in [3.63, 3.8) is 0 Å². The molecule has 1 aliphatic heterocycles. The maximum atomic E-state index is 13.4. The summed E-state index contributed by atoms with van der Waals surface area (Å²) in [5, 5.41) is 12.0. The molecule has 1 amide bonds. The number of anilines is 1. The van der Waals surface area contributed by atoms with E-state index in [0.29, 0.717) is 11.8 Å². The second kappa shape index (κ2) is 10.1. The number of benzene rings is 2. The zero-order valence-corrected chi connectivity index (χ0v) is 19.5. The highest BCUT2D eigenvalue weighted by Gasteiger charge is 2.37. The third-order valence-electron chi connectivity index (χ3n) is 5.42. The molecule has 2 aromatic carbocycles. The highest BCUT2D eigenvalue weighted by Crippen LogP contribution is 2.38. The van der Waals surface area contributed by atoms with Gasteiger partial charge in [0.15, 0.2) is 5.82 Å². The van der Waals surface area contributed by atoms with E-state index in [0.717, 1.165) is 42.1 Å². The van der Waals surface area contributed by atoms with Gasteiger partial charge in [0.1, 0.15) is 11.0 Å². The van der Waals surface area contributed by atoms with Gasteiger partial charge in [-0.05, 0) is 55.2 Å². The van der Waals surface area contributed by atoms with E-state index in [1.54, 1.807) is 0 Å². The molecule has 2 heterocycles. The van der Waals surface area contributed by atoms with Crippen molar-refractivity contribution in [3.05, 3.63) is 65.5 Å². The van der Waals surface area contributed by atoms with Gasteiger partial charge in [0.05, 0.1) is 12.6 Å². The largest absolute Gasteiger partial charge is 0.494 e. The molecule has 168 valence electrons. The first-order chi connectivity index (χ1) is 15.6. The van der Waals surface area contributed by atoms with E-state index in [2.05, 4.69) is 59.1 Å². The summed E-state index contributed by atoms with van der Waals surface area (Å²) < 4.78 is 7.43. The van der Waals surface area contributed by atoms with Crippen molar-refractivity contribution in [1.82, 2.24) is 14.9 Å². The highest BCUT2D eigenvalue weighted by atomic mass is 32.2. The summed E-state index contributed by atoms with van der Waals surface area (Å²) >= 11 is 1.45. The lowest BCUT2D eigenvalue weighted by Gasteiger charge is -2.33. The Balaban J connectivity index is 1.60. The maximum Gasteiger partial charge on any atom is 0.240 e. The van der Waals surface area contributed by atoms with Gasteiger partial charge >= 0.3 is 0 Å². The fraction of sp³-hybridized carbons (Fsp3) is 0.375. The van der Waals surface area contributed by atoms with Crippen LogP contribution in [0.15, 0.2) is 53.7 Å². The summed E-state index contributed by atoms with van der Waals surface area (Å²) in [4.78, 5) is 13.4. The molecule has 7 nitrogen and oxygen atoms in total. The van der Waals surface area contributed by atoms with Crippen LogP contribution < -0.4 is 15.5 Å². The number of aryl methyl sites for hydroxylation is 2. The summed E-state index contributed by atoms with van der Waals surface area (Å²) in [5.74, 6) is 1.59. The van der Waals surface area contributed by atoms with Gasteiger partial charge in [0.2, 0.25) is 11.1 Å². The molecule has 0 bridgehead atoms. The lowest BCUT2D eigenvalue weighted by atomic mass is 10.0. The fourth-order valence-electron chi connectivity index (χ4n) is 3.71. The minimum atomic E-state index is -0.403. The van der Waals surface area contributed by atoms with E-state index in [4.69, 9.17) is 4.74 Å². The Labute approximate surface area is 192 Å². The van der Waals surface area contributed by atoms with E-state index in [1.807, 2.05) is 35.9 Å². The van der Waals surface area contributed by atoms with Gasteiger partial charge < -0.3 is 15.5 Å². The number of carbonyl (C=O) groups excluding carboxylic acids is 1. The van der Waals surface area contributed by atoms with Gasteiger partial charge in [-0.1, -0.05) is 49.9 Å². The lowest BCUT2D eigenvalue weighted by Crippen LogP contribution is -2.41. The number of carbonyl (C=O) groups is 1. The Hall–Kier alpha value is -3.00. The first-order valence-electron chi connectivity index (χ1n) is 11.1. The van der Waals surface area contributed by atoms with Gasteiger partial charge in [0.25, 0.3) is 0 Å². The molecule has 3 aromatic rings. The Morgan fingerprint density at radius 3 is 2.50 bits per heavy atom. The van der Waals surface area contributed by atoms with Crippen LogP contribution in [-0.2, 0) is 17.6 Å². The van der Waals surface area contributed by atoms with Crippen molar-refractivity contribution < 1.29 is 9.53 Å². The number of nitrogens with one attached hydrogen (secondary N) is 2. The van der Waals surface area contributed by atoms with Crippen molar-refractivity contribution >= 4 is 23.4 Å². The van der Waals surface area contributed by atoms with Crippen LogP contribution in [0.3, 0.4) is 0 Å². The molecule has 2 N–H and O–H groups in total. The van der Waals surface area contributed by atoms with Crippen molar-refractivity contribution in [1.29, 1.82) is 0 Å². The number of fused-ring (bicyclic) bond motifs is 1. The Morgan fingerprint density at radius 2 is 1.84 bits per heavy atom. The van der Waals surface area contributed by atoms with Crippen LogP contribution in [-0.4, -0.2) is 32.6 Å². The predicted octanol–water partition coefficient (Wildman–Crippen LogP) is 4.59. The topological polar surface area (TPSA) is 81.1 Å². The number of rotatable bonds is 8. The average molecular weight is 452 g/mol. The normalized spacial score (nSPS) is 17.3. The van der Waals surface area contributed by atoms with Crippen LogP contribution in [0.4, 0.5) is 5.69 Å². The summed E-state index contributed by atoms with van der Waals surface area (Å²) in [5.41, 5.74) is 6.58. The molecule has 1 aliphatic rings. The molecule has 0 fully saturated rings. The smallest absolute Gasteiger partial charge is 0.240 e. The minimum Gasteiger partial charge on any atom is -0.494 e. The van der Waals surface area contributed by atoms with Crippen LogP contribution in [0.5, 0.6) is 5.75 Å². The standard InChI is InChI=1S/C24H29N5O2S/c1-4-7-20-26-27-24-29(20)28-21(17-10-8-16(5-2)9-11-17)22(32-24)23(30)25-18-12-14-19(15-13-18)31-6-3/h8-15,21-22,28H,4-7H2,1-3H3,(H,25,30)/t21-,22+/m1/s1. The number of nitrogens with zero attached hydrogens (tertiary/aromatic N) is 3. The SMILES string of the molecule is CCCc1nnc2n1N[C@H](c1ccc(CC)cc1)[C@@H](C(=O)Nc1ccc(OCC)cc1)S2. The highest BCUT2D eigenvalue weighted by molar-refractivity contribution is 8.00. The summed E-state index contributed by atoms with van der Waals surface area (Å²) in [7, 11) is 0. The molecule has 4 rings (SSSR count). The summed E-state index contributed by atoms with van der Waals surface area (Å²) in [6.45, 7) is 6.80. The number of hydrogen-bond acceptors (Lipinski definition) is 6. The van der Waals surface area contributed by atoms with Crippen molar-refractivity contribution in [3.8, 4) is 5.75 Å². The van der Waals surface area contributed by atoms with E-state index in [1.165, 1.54) is 17.3 Å². The first-order valence-corrected chi connectivity index (χ1v) is 12.0. The van der Waals surface area contributed by atoms with Crippen molar-refractivity contribution in [2.75, 3.05) is 17.3 Å². The number of amides is 1. The molecule has 0 aliphatic carbocycles. The lowest BCUT2D eigenvalue weighted by molar-refractivity contribution is -0.116. The van der Waals surface area contributed by atoms with Gasteiger partial charge in [-0.15, -0.1) is 10.2 Å². The Kier molecular flexibility index (Phi) is 6.99. The molecule has 0 radical (unpaired) electrons. The van der Waals surface area contributed by atoms with E-state index < -0.39 is 5.25 Å². The Bertz CT molecular complexity index is 1050. The maximum absolute atomic E-state index is 13.4. The third-order valence-corrected chi connectivity index (χ3v) is 6.63. The molecule has 0 unspecified atom stereocenters. The molecule has 0 saturated carbocycles. The van der Waals surface area contributed by atoms with Crippen LogP contribution in [0.25, 0.3) is 0 Å². The van der Waals surface area contributed by atoms with Crippen LogP contribution in [0.2, 0.25) is 0 Å². The van der Waals surface area contributed by atoms with Crippen molar-refractivity contribution in [2.24, 2.45) is 0 Å². The molecular formula is C24H29N5O2S. The monoisotopic (exact) mass is 451 g/mol. The van der Waals surface area contributed by atoms with Crippen LogP contribution in [0.1, 0.15) is 50.2 Å². The van der Waals surface area contributed by atoms with Gasteiger partial charge in [-0.3, -0.25) is 4.79 Å². The quantitative estimate of drug-likeness (QED) is 0.521. The molecule has 0 spiro atoms. The number of hydrogen-bond donors (Lipinski definition) is 2. The first kappa shape index (κ1) is 22.2. The molecule has 1 aromatic heterocycles. The van der Waals surface area contributed by atoms with E-state index >= 15 is 0 Å². The van der Waals surface area contributed by atoms with E-state index in [9.17, 15) is 4.79 Å². The number of thioether (sulfide) groups is 1. The van der Waals surface area contributed by atoms with Gasteiger partial charge in [-0.25, -0.2) is 4.68 Å². The Morgan fingerprint density at radius 1 is 1.09 bits per heavy atom. The molecule has 32 heavy (non-hydrogen) atoms.